The number of methoxy groups -OCH3 is 2. The number of hydrogen-bond donors (Lipinski definition) is 0. The molecular weight excluding hydrogens is 270 g/mol. The minimum Gasteiger partial charge on any atom is -0.464 e. The maximum absolute atomic E-state index is 11.8. The van der Waals surface area contributed by atoms with Crippen molar-refractivity contribution in [3.05, 3.63) is 11.4 Å². The Bertz CT molecular complexity index is 477. The van der Waals surface area contributed by atoms with Crippen LogP contribution in [0.1, 0.15) is 55.3 Å². The average Bonchev–Trinajstić information content (AvgIpc) is 2.87. The van der Waals surface area contributed by atoms with Gasteiger partial charge in [-0.15, -0.1) is 5.10 Å². The maximum Gasteiger partial charge on any atom is 0.360 e. The van der Waals surface area contributed by atoms with Gasteiger partial charge in [0.2, 0.25) is 0 Å². The molecule has 0 bridgehead atoms. The molecule has 2 rings (SSSR count). The highest BCUT2D eigenvalue weighted by molar-refractivity contribution is 5.88. The summed E-state index contributed by atoms with van der Waals surface area (Å²) in [5.41, 5.74) is 1.15. The highest BCUT2D eigenvalue weighted by atomic mass is 16.5. The van der Waals surface area contributed by atoms with Gasteiger partial charge in [0, 0.05) is 13.5 Å². The van der Waals surface area contributed by atoms with E-state index in [4.69, 9.17) is 9.47 Å². The van der Waals surface area contributed by atoms with Gasteiger partial charge < -0.3 is 9.47 Å². The molecule has 0 N–H and O–H groups in total. The number of carbonyl (C=O) groups is 1. The first-order valence-corrected chi connectivity index (χ1v) is 7.58. The Kier molecular flexibility index (Phi) is 5.33. The SMILES string of the molecule is COCCc1c(C(=O)OC)nnn1C1CC(C)CC(C)C1. The number of aromatic nitrogens is 3. The van der Waals surface area contributed by atoms with Crippen LogP contribution in [0.15, 0.2) is 0 Å². The van der Waals surface area contributed by atoms with Crippen molar-refractivity contribution in [2.45, 2.75) is 45.6 Å². The zero-order chi connectivity index (χ0) is 15.4. The van der Waals surface area contributed by atoms with Gasteiger partial charge in [-0.1, -0.05) is 19.1 Å². The monoisotopic (exact) mass is 295 g/mol. The van der Waals surface area contributed by atoms with Crippen molar-refractivity contribution in [2.75, 3.05) is 20.8 Å². The van der Waals surface area contributed by atoms with Crippen molar-refractivity contribution in [1.82, 2.24) is 15.0 Å². The van der Waals surface area contributed by atoms with Gasteiger partial charge in [-0.05, 0) is 31.1 Å². The lowest BCUT2D eigenvalue weighted by molar-refractivity contribution is 0.0592. The summed E-state index contributed by atoms with van der Waals surface area (Å²) in [4.78, 5) is 11.8. The first-order chi connectivity index (χ1) is 10.1. The van der Waals surface area contributed by atoms with Gasteiger partial charge in [0.15, 0.2) is 5.69 Å². The van der Waals surface area contributed by atoms with Crippen molar-refractivity contribution in [2.24, 2.45) is 11.8 Å². The van der Waals surface area contributed by atoms with E-state index in [0.717, 1.165) is 18.5 Å². The van der Waals surface area contributed by atoms with Crippen molar-refractivity contribution >= 4 is 5.97 Å². The second kappa shape index (κ2) is 7.02. The topological polar surface area (TPSA) is 66.2 Å². The Morgan fingerprint density at radius 3 is 2.48 bits per heavy atom. The number of carbonyl (C=O) groups excluding carboxylic acids is 1. The molecule has 118 valence electrons. The minimum absolute atomic E-state index is 0.307. The zero-order valence-corrected chi connectivity index (χ0v) is 13.3. The molecule has 0 saturated heterocycles. The van der Waals surface area contributed by atoms with Gasteiger partial charge in [-0.2, -0.15) is 0 Å². The standard InChI is InChI=1S/C15H25N3O3/c1-10-7-11(2)9-12(8-10)18-13(5-6-20-3)14(16-17-18)15(19)21-4/h10-12H,5-9H2,1-4H3. The predicted octanol–water partition coefficient (Wildman–Crippen LogP) is 2.25. The molecule has 6 heteroatoms. The fourth-order valence-corrected chi connectivity index (χ4v) is 3.40. The Morgan fingerprint density at radius 2 is 1.90 bits per heavy atom. The average molecular weight is 295 g/mol. The molecule has 1 aliphatic carbocycles. The summed E-state index contributed by atoms with van der Waals surface area (Å²) in [5, 5.41) is 8.29. The van der Waals surface area contributed by atoms with Crippen LogP contribution in [-0.4, -0.2) is 41.8 Å². The summed E-state index contributed by atoms with van der Waals surface area (Å²) in [5.74, 6) is 0.906. The summed E-state index contributed by atoms with van der Waals surface area (Å²) in [6.45, 7) is 5.08. The maximum atomic E-state index is 11.8. The minimum atomic E-state index is -0.427. The lowest BCUT2D eigenvalue weighted by atomic mass is 9.80. The molecule has 2 unspecified atom stereocenters. The molecule has 0 aromatic carbocycles. The van der Waals surface area contributed by atoms with E-state index < -0.39 is 5.97 Å². The van der Waals surface area contributed by atoms with E-state index in [1.165, 1.54) is 13.5 Å². The number of rotatable bonds is 5. The van der Waals surface area contributed by atoms with Gasteiger partial charge in [-0.25, -0.2) is 9.48 Å². The van der Waals surface area contributed by atoms with Gasteiger partial charge >= 0.3 is 5.97 Å². The quantitative estimate of drug-likeness (QED) is 0.779. The smallest absolute Gasteiger partial charge is 0.360 e. The van der Waals surface area contributed by atoms with E-state index >= 15 is 0 Å². The summed E-state index contributed by atoms with van der Waals surface area (Å²) in [7, 11) is 3.02. The Labute approximate surface area is 125 Å². The van der Waals surface area contributed by atoms with Crippen molar-refractivity contribution in [1.29, 1.82) is 0 Å². The number of nitrogens with zero attached hydrogens (tertiary/aromatic N) is 3. The summed E-state index contributed by atoms with van der Waals surface area (Å²) < 4.78 is 11.9. The molecule has 6 nitrogen and oxygen atoms in total. The molecule has 1 aliphatic rings. The van der Waals surface area contributed by atoms with Gasteiger partial charge in [0.1, 0.15) is 0 Å². The second-order valence-corrected chi connectivity index (χ2v) is 6.13. The third-order valence-electron chi connectivity index (χ3n) is 4.21. The molecule has 21 heavy (non-hydrogen) atoms. The highest BCUT2D eigenvalue weighted by Gasteiger charge is 2.30. The van der Waals surface area contributed by atoms with Crippen molar-refractivity contribution in [3.63, 3.8) is 0 Å². The third-order valence-corrected chi connectivity index (χ3v) is 4.21. The zero-order valence-electron chi connectivity index (χ0n) is 13.3. The van der Waals surface area contributed by atoms with E-state index in [0.29, 0.717) is 36.6 Å². The summed E-state index contributed by atoms with van der Waals surface area (Å²) in [6.07, 6.45) is 4.03. The molecule has 1 heterocycles. The first-order valence-electron chi connectivity index (χ1n) is 7.58. The lowest BCUT2D eigenvalue weighted by Gasteiger charge is -2.32. The van der Waals surface area contributed by atoms with Crippen LogP contribution in [-0.2, 0) is 15.9 Å². The number of esters is 1. The van der Waals surface area contributed by atoms with E-state index in [9.17, 15) is 4.79 Å². The fourth-order valence-electron chi connectivity index (χ4n) is 3.40. The summed E-state index contributed by atoms with van der Waals surface area (Å²) >= 11 is 0. The van der Waals surface area contributed by atoms with E-state index in [2.05, 4.69) is 24.2 Å². The molecule has 0 radical (unpaired) electrons. The lowest BCUT2D eigenvalue weighted by Crippen LogP contribution is -2.25. The predicted molar refractivity (Wildman–Crippen MR) is 78.2 cm³/mol. The normalized spacial score (nSPS) is 25.8. The van der Waals surface area contributed by atoms with Gasteiger partial charge in [0.05, 0.1) is 25.5 Å². The number of ether oxygens (including phenoxy) is 2. The van der Waals surface area contributed by atoms with Crippen LogP contribution in [0.5, 0.6) is 0 Å². The Morgan fingerprint density at radius 1 is 1.24 bits per heavy atom. The molecule has 1 aromatic heterocycles. The Balaban J connectivity index is 2.29. The van der Waals surface area contributed by atoms with Crippen LogP contribution >= 0.6 is 0 Å². The van der Waals surface area contributed by atoms with Crippen LogP contribution in [0.25, 0.3) is 0 Å². The molecule has 1 fully saturated rings. The molecule has 1 saturated carbocycles. The second-order valence-electron chi connectivity index (χ2n) is 6.13. The molecule has 0 amide bonds. The van der Waals surface area contributed by atoms with E-state index in [1.54, 1.807) is 7.11 Å². The molecular formula is C15H25N3O3. The Hall–Kier alpha value is -1.43. The van der Waals surface area contributed by atoms with Crippen LogP contribution in [0, 0.1) is 11.8 Å². The highest BCUT2D eigenvalue weighted by Crippen LogP contribution is 2.36. The van der Waals surface area contributed by atoms with Crippen LogP contribution in [0.2, 0.25) is 0 Å². The third kappa shape index (κ3) is 3.61. The molecule has 0 spiro atoms. The van der Waals surface area contributed by atoms with Crippen LogP contribution in [0.4, 0.5) is 0 Å². The molecule has 2 atom stereocenters. The van der Waals surface area contributed by atoms with Crippen molar-refractivity contribution < 1.29 is 14.3 Å². The van der Waals surface area contributed by atoms with E-state index in [1.807, 2.05) is 4.68 Å². The summed E-state index contributed by atoms with van der Waals surface area (Å²) in [6, 6.07) is 0.307. The van der Waals surface area contributed by atoms with E-state index in [-0.39, 0.29) is 0 Å². The van der Waals surface area contributed by atoms with Crippen molar-refractivity contribution in [3.8, 4) is 0 Å². The van der Waals surface area contributed by atoms with Gasteiger partial charge in [0.25, 0.3) is 0 Å². The fraction of sp³-hybridized carbons (Fsp3) is 0.800. The van der Waals surface area contributed by atoms with Crippen LogP contribution in [0.3, 0.4) is 0 Å². The molecule has 1 aromatic rings. The first kappa shape index (κ1) is 15.9. The molecule has 0 aliphatic heterocycles. The van der Waals surface area contributed by atoms with Crippen LogP contribution < -0.4 is 0 Å². The van der Waals surface area contributed by atoms with Gasteiger partial charge in [-0.3, -0.25) is 0 Å². The largest absolute Gasteiger partial charge is 0.464 e. The number of hydrogen-bond acceptors (Lipinski definition) is 5.